The van der Waals surface area contributed by atoms with Gasteiger partial charge in [0.15, 0.2) is 0 Å². The van der Waals surface area contributed by atoms with Crippen LogP contribution >= 0.6 is 0 Å². The molecule has 6 nitrogen and oxygen atoms in total. The third-order valence-electron chi connectivity index (χ3n) is 5.91. The SMILES string of the molecule is COc1cccc(-c2cc(C)nc(C3CCN(C(=O)c4cnc(C)nc4C)CC3)c2)c1. The van der Waals surface area contributed by atoms with Gasteiger partial charge in [-0.3, -0.25) is 9.78 Å². The van der Waals surface area contributed by atoms with Crippen molar-refractivity contribution in [1.29, 1.82) is 0 Å². The monoisotopic (exact) mass is 416 g/mol. The summed E-state index contributed by atoms with van der Waals surface area (Å²) in [5, 5.41) is 0. The van der Waals surface area contributed by atoms with E-state index >= 15 is 0 Å². The molecule has 1 amide bonds. The van der Waals surface area contributed by atoms with Gasteiger partial charge in [0.1, 0.15) is 11.6 Å². The number of nitrogens with zero attached hydrogens (tertiary/aromatic N) is 4. The quantitative estimate of drug-likeness (QED) is 0.627. The first kappa shape index (κ1) is 21.0. The summed E-state index contributed by atoms with van der Waals surface area (Å²) < 4.78 is 5.38. The van der Waals surface area contributed by atoms with Crippen molar-refractivity contribution in [2.24, 2.45) is 0 Å². The summed E-state index contributed by atoms with van der Waals surface area (Å²) in [7, 11) is 1.68. The highest BCUT2D eigenvalue weighted by molar-refractivity contribution is 5.95. The van der Waals surface area contributed by atoms with E-state index in [0.29, 0.717) is 30.4 Å². The molecule has 3 aromatic rings. The molecule has 0 saturated carbocycles. The van der Waals surface area contributed by atoms with Crippen LogP contribution in [0.15, 0.2) is 42.6 Å². The molecule has 1 aromatic carbocycles. The number of rotatable bonds is 4. The number of carbonyl (C=O) groups excluding carboxylic acids is 1. The fourth-order valence-electron chi connectivity index (χ4n) is 4.21. The van der Waals surface area contributed by atoms with Crippen molar-refractivity contribution in [3.05, 3.63) is 71.1 Å². The van der Waals surface area contributed by atoms with Gasteiger partial charge in [0, 0.05) is 36.6 Å². The first-order valence-corrected chi connectivity index (χ1v) is 10.7. The van der Waals surface area contributed by atoms with Crippen LogP contribution in [0.5, 0.6) is 5.75 Å². The largest absolute Gasteiger partial charge is 0.497 e. The predicted molar refractivity (Wildman–Crippen MR) is 120 cm³/mol. The van der Waals surface area contributed by atoms with Crippen LogP contribution in [0.2, 0.25) is 0 Å². The minimum absolute atomic E-state index is 0.0187. The molecule has 0 N–H and O–H groups in total. The number of hydrogen-bond acceptors (Lipinski definition) is 5. The van der Waals surface area contributed by atoms with Crippen LogP contribution in [0.25, 0.3) is 11.1 Å². The molecule has 2 aromatic heterocycles. The number of methoxy groups -OCH3 is 1. The summed E-state index contributed by atoms with van der Waals surface area (Å²) in [5.74, 6) is 1.88. The van der Waals surface area contributed by atoms with E-state index in [1.807, 2.05) is 43.9 Å². The van der Waals surface area contributed by atoms with Gasteiger partial charge in [0.05, 0.1) is 18.4 Å². The van der Waals surface area contributed by atoms with Crippen LogP contribution in [0.4, 0.5) is 0 Å². The fraction of sp³-hybridized carbons (Fsp3) is 0.360. The van der Waals surface area contributed by atoms with Crippen LogP contribution in [-0.2, 0) is 0 Å². The number of benzene rings is 1. The van der Waals surface area contributed by atoms with Gasteiger partial charge in [-0.05, 0) is 69.0 Å². The highest BCUT2D eigenvalue weighted by atomic mass is 16.5. The van der Waals surface area contributed by atoms with Gasteiger partial charge < -0.3 is 9.64 Å². The maximum atomic E-state index is 12.9. The maximum absolute atomic E-state index is 12.9. The number of carbonyl (C=O) groups is 1. The number of aryl methyl sites for hydroxylation is 3. The molecule has 0 aliphatic carbocycles. The lowest BCUT2D eigenvalue weighted by molar-refractivity contribution is 0.0710. The van der Waals surface area contributed by atoms with E-state index in [1.54, 1.807) is 13.3 Å². The zero-order chi connectivity index (χ0) is 22.0. The third-order valence-corrected chi connectivity index (χ3v) is 5.91. The Labute approximate surface area is 183 Å². The van der Waals surface area contributed by atoms with Crippen molar-refractivity contribution >= 4 is 5.91 Å². The second kappa shape index (κ2) is 8.84. The van der Waals surface area contributed by atoms with Gasteiger partial charge in [-0.15, -0.1) is 0 Å². The smallest absolute Gasteiger partial charge is 0.257 e. The number of aromatic nitrogens is 3. The first-order chi connectivity index (χ1) is 14.9. The van der Waals surface area contributed by atoms with Gasteiger partial charge in [-0.2, -0.15) is 0 Å². The molecule has 4 rings (SSSR count). The summed E-state index contributed by atoms with van der Waals surface area (Å²) in [5.41, 5.74) is 5.70. The average Bonchev–Trinajstić information content (AvgIpc) is 2.78. The van der Waals surface area contributed by atoms with Gasteiger partial charge in [-0.25, -0.2) is 9.97 Å². The van der Waals surface area contributed by atoms with Crippen molar-refractivity contribution in [2.45, 2.75) is 39.5 Å². The Morgan fingerprint density at radius 3 is 2.52 bits per heavy atom. The minimum atomic E-state index is 0.0187. The molecule has 0 spiro atoms. The number of ether oxygens (including phenoxy) is 1. The van der Waals surface area contributed by atoms with Gasteiger partial charge in [0.2, 0.25) is 0 Å². The van der Waals surface area contributed by atoms with Crippen molar-refractivity contribution in [2.75, 3.05) is 20.2 Å². The molecular weight excluding hydrogens is 388 g/mol. The fourth-order valence-corrected chi connectivity index (χ4v) is 4.21. The minimum Gasteiger partial charge on any atom is -0.497 e. The van der Waals surface area contributed by atoms with Gasteiger partial charge in [-0.1, -0.05) is 12.1 Å². The second-order valence-corrected chi connectivity index (χ2v) is 8.14. The maximum Gasteiger partial charge on any atom is 0.257 e. The Balaban J connectivity index is 1.50. The zero-order valence-electron chi connectivity index (χ0n) is 18.6. The van der Waals surface area contributed by atoms with Crippen molar-refractivity contribution < 1.29 is 9.53 Å². The standard InChI is InChI=1S/C25H28N4O2/c1-16-12-21(20-6-5-7-22(13-20)31-4)14-24(27-16)19-8-10-29(11-9-19)25(30)23-15-26-18(3)28-17(23)2/h5-7,12-15,19H,8-11H2,1-4H3. The number of hydrogen-bond donors (Lipinski definition) is 0. The van der Waals surface area contributed by atoms with Crippen LogP contribution in [0.1, 0.15) is 52.0 Å². The van der Waals surface area contributed by atoms with Crippen LogP contribution in [-0.4, -0.2) is 46.0 Å². The topological polar surface area (TPSA) is 68.2 Å². The second-order valence-electron chi connectivity index (χ2n) is 8.14. The Hall–Kier alpha value is -3.28. The van der Waals surface area contributed by atoms with E-state index < -0.39 is 0 Å². The molecule has 6 heteroatoms. The Kier molecular flexibility index (Phi) is 5.98. The molecule has 1 aliphatic rings. The van der Waals surface area contributed by atoms with Crippen molar-refractivity contribution in [3.63, 3.8) is 0 Å². The van der Waals surface area contributed by atoms with E-state index in [2.05, 4.69) is 28.2 Å². The normalized spacial score (nSPS) is 14.5. The molecular formula is C25H28N4O2. The highest BCUT2D eigenvalue weighted by Gasteiger charge is 2.27. The molecule has 0 bridgehead atoms. The first-order valence-electron chi connectivity index (χ1n) is 10.7. The Morgan fingerprint density at radius 1 is 1.03 bits per heavy atom. The molecule has 1 saturated heterocycles. The Bertz CT molecular complexity index is 1100. The van der Waals surface area contributed by atoms with Crippen LogP contribution in [0.3, 0.4) is 0 Å². The van der Waals surface area contributed by atoms with Gasteiger partial charge >= 0.3 is 0 Å². The predicted octanol–water partition coefficient (Wildman–Crippen LogP) is 4.49. The number of amides is 1. The zero-order valence-corrected chi connectivity index (χ0v) is 18.6. The lowest BCUT2D eigenvalue weighted by atomic mass is 9.91. The summed E-state index contributed by atoms with van der Waals surface area (Å²) >= 11 is 0. The number of likely N-dealkylation sites (tertiary alicyclic amines) is 1. The van der Waals surface area contributed by atoms with E-state index in [0.717, 1.165) is 46.8 Å². The summed E-state index contributed by atoms with van der Waals surface area (Å²) in [6, 6.07) is 12.4. The molecule has 1 aliphatic heterocycles. The number of pyridine rings is 1. The van der Waals surface area contributed by atoms with Crippen molar-refractivity contribution in [1.82, 2.24) is 19.9 Å². The van der Waals surface area contributed by atoms with Crippen LogP contribution in [0, 0.1) is 20.8 Å². The van der Waals surface area contributed by atoms with Crippen LogP contribution < -0.4 is 4.74 Å². The van der Waals surface area contributed by atoms with E-state index in [-0.39, 0.29) is 5.91 Å². The van der Waals surface area contributed by atoms with E-state index in [1.165, 1.54) is 0 Å². The van der Waals surface area contributed by atoms with E-state index in [4.69, 9.17) is 9.72 Å². The summed E-state index contributed by atoms with van der Waals surface area (Å²) in [6.45, 7) is 7.15. The third kappa shape index (κ3) is 4.58. The number of piperidine rings is 1. The summed E-state index contributed by atoms with van der Waals surface area (Å²) in [6.07, 6.45) is 3.44. The molecule has 3 heterocycles. The van der Waals surface area contributed by atoms with E-state index in [9.17, 15) is 4.79 Å². The lowest BCUT2D eigenvalue weighted by Gasteiger charge is -2.32. The average molecular weight is 417 g/mol. The molecule has 0 unspecified atom stereocenters. The lowest BCUT2D eigenvalue weighted by Crippen LogP contribution is -2.38. The molecule has 31 heavy (non-hydrogen) atoms. The summed E-state index contributed by atoms with van der Waals surface area (Å²) in [4.78, 5) is 28.2. The molecule has 1 fully saturated rings. The molecule has 0 radical (unpaired) electrons. The molecule has 0 atom stereocenters. The van der Waals surface area contributed by atoms with Crippen molar-refractivity contribution in [3.8, 4) is 16.9 Å². The highest BCUT2D eigenvalue weighted by Crippen LogP contribution is 2.32. The van der Waals surface area contributed by atoms with Gasteiger partial charge in [0.25, 0.3) is 5.91 Å². The molecule has 160 valence electrons. The Morgan fingerprint density at radius 2 is 1.81 bits per heavy atom.